The number of amides is 10. The smallest absolute Gasteiger partial charge is 0.326 e. The largest absolute Gasteiger partial charge is 0.480 e. The van der Waals surface area contributed by atoms with E-state index < -0.39 is 119 Å². The maximum Gasteiger partial charge on any atom is 0.326 e. The average Bonchev–Trinajstić information content (AvgIpc) is 3.51. The first-order valence-corrected chi connectivity index (χ1v) is 29.2. The summed E-state index contributed by atoms with van der Waals surface area (Å²) in [6.07, 6.45) is 3.93. The van der Waals surface area contributed by atoms with Gasteiger partial charge in [0, 0.05) is 19.4 Å². The number of nitrogens with one attached hydrogen (secondary N) is 8. The number of aliphatic imine (C=N–C) groups is 1. The number of guanidine groups is 1. The molecule has 84 heavy (non-hydrogen) atoms. The molecule has 31 N–H and O–H groups in total. The Morgan fingerprint density at radius 2 is 0.536 bits per heavy atom. The molecule has 482 valence electrons. The number of carbonyl (C=O) groups excluding carboxylic acids is 10. The van der Waals surface area contributed by atoms with E-state index in [0.717, 1.165) is 0 Å². The molecule has 0 aliphatic heterocycles. The van der Waals surface area contributed by atoms with Crippen LogP contribution in [0.3, 0.4) is 0 Å². The van der Waals surface area contributed by atoms with Crippen molar-refractivity contribution >= 4 is 71.0 Å². The van der Waals surface area contributed by atoms with Gasteiger partial charge in [-0.05, 0) is 174 Å². The second-order valence-electron chi connectivity index (χ2n) is 20.6. The van der Waals surface area contributed by atoms with Crippen LogP contribution in [0.2, 0.25) is 0 Å². The molecular formula is C52H102N20O12. The summed E-state index contributed by atoms with van der Waals surface area (Å²) < 4.78 is 0. The number of hydrogen-bond acceptors (Lipinski definition) is 19. The van der Waals surface area contributed by atoms with E-state index in [9.17, 15) is 57.8 Å². The number of aliphatic carboxylic acids is 1. The molecule has 0 saturated carbocycles. The van der Waals surface area contributed by atoms with Gasteiger partial charge in [-0.25, -0.2) is 4.79 Å². The first kappa shape index (κ1) is 77.2. The van der Waals surface area contributed by atoms with E-state index >= 15 is 0 Å². The van der Waals surface area contributed by atoms with Gasteiger partial charge in [-0.2, -0.15) is 0 Å². The Kier molecular flexibility index (Phi) is 42.7. The number of primary amides is 2. The van der Waals surface area contributed by atoms with Gasteiger partial charge in [0.05, 0.1) is 6.04 Å². The molecule has 0 rings (SSSR count). The molecule has 10 amide bonds. The van der Waals surface area contributed by atoms with Crippen molar-refractivity contribution in [1.29, 1.82) is 0 Å². The lowest BCUT2D eigenvalue weighted by Crippen LogP contribution is -2.60. The zero-order valence-electron chi connectivity index (χ0n) is 48.9. The van der Waals surface area contributed by atoms with E-state index in [-0.39, 0.29) is 122 Å². The van der Waals surface area contributed by atoms with Gasteiger partial charge in [-0.1, -0.05) is 6.42 Å². The van der Waals surface area contributed by atoms with Crippen LogP contribution in [0.15, 0.2) is 4.99 Å². The molecule has 0 heterocycles. The van der Waals surface area contributed by atoms with Gasteiger partial charge in [0.25, 0.3) is 0 Å². The normalized spacial score (nSPS) is 14.3. The Bertz CT molecular complexity index is 2050. The van der Waals surface area contributed by atoms with Crippen molar-refractivity contribution in [2.45, 2.75) is 208 Å². The Balaban J connectivity index is 7.11. The van der Waals surface area contributed by atoms with Crippen LogP contribution in [-0.2, 0) is 52.7 Å². The summed E-state index contributed by atoms with van der Waals surface area (Å²) in [6, 6.07) is -12.0. The fourth-order valence-corrected chi connectivity index (χ4v) is 8.50. The van der Waals surface area contributed by atoms with E-state index in [2.05, 4.69) is 47.5 Å². The van der Waals surface area contributed by atoms with Gasteiger partial charge in [-0.15, -0.1) is 0 Å². The maximum atomic E-state index is 14.5. The molecule has 0 bridgehead atoms. The number of carbonyl (C=O) groups is 11. The SMILES string of the molecule is NCCCC[C@H](NC(=O)[C@H](CCC(N)=O)NC(=O)[C@H](CCCCN)NC(=O)[C@H](CCCCN)NC(=O)[C@H](CCCCN)NC(=O)[C@H](CCCN=C(N)N)NC(=O)[C@H](CCCCN)NC(=O)[C@H](CCC(N)=O)NC(=O)[C@@H](N)CCCCN)C(=O)O. The standard InChI is InChI=1S/C52H102N20O12/c53-25-7-1-14-32(59)43(75)65-38(21-23-41(60)73)49(81)69-35(17-4-10-28-56)46(78)70-37(20-13-31-64-52(62)63)48(80)68-34(16-3-9-27-55)45(77)66-33(15-2-8-26-54)44(76)67-36(18-5-11-29-57)47(79)71-39(22-24-42(61)74)50(82)72-40(51(83)84)19-6-12-30-58/h32-40H,1-31,53-59H2,(H2,60,73)(H2,61,74)(H,65,75)(H,66,77)(H,67,76)(H,68,80)(H,69,81)(H,70,78)(H,71,79)(H,72,82)(H,83,84)(H4,62,63,64)/t32-,33-,34-,35-,36-,37-,38-,39-,40-/m0/s1. The number of carboxylic acids is 1. The molecule has 32 nitrogen and oxygen atoms in total. The number of rotatable bonds is 51. The highest BCUT2D eigenvalue weighted by atomic mass is 16.4. The topological polar surface area (TPSA) is 603 Å². The van der Waals surface area contributed by atoms with E-state index in [1.165, 1.54) is 0 Å². The third-order valence-corrected chi connectivity index (χ3v) is 13.4. The lowest BCUT2D eigenvalue weighted by Gasteiger charge is -2.28. The Labute approximate surface area is 492 Å². The lowest BCUT2D eigenvalue weighted by atomic mass is 10.0. The van der Waals surface area contributed by atoms with Crippen molar-refractivity contribution in [2.75, 3.05) is 45.8 Å². The highest BCUT2D eigenvalue weighted by Gasteiger charge is 2.35. The second-order valence-corrected chi connectivity index (χ2v) is 20.6. The molecule has 0 aliphatic rings. The van der Waals surface area contributed by atoms with Crippen LogP contribution < -0.4 is 106 Å². The predicted octanol–water partition coefficient (Wildman–Crippen LogP) is -6.36. The zero-order chi connectivity index (χ0) is 63.4. The summed E-state index contributed by atoms with van der Waals surface area (Å²) in [4.78, 5) is 152. The third-order valence-electron chi connectivity index (χ3n) is 13.4. The van der Waals surface area contributed by atoms with Crippen LogP contribution in [0.25, 0.3) is 0 Å². The molecule has 0 aliphatic carbocycles. The summed E-state index contributed by atoms with van der Waals surface area (Å²) in [5.41, 5.74) is 62.2. The molecule has 0 radical (unpaired) electrons. The van der Waals surface area contributed by atoms with E-state index in [0.29, 0.717) is 83.6 Å². The van der Waals surface area contributed by atoms with E-state index in [1.54, 1.807) is 0 Å². The number of hydrogen-bond donors (Lipinski definition) is 20. The van der Waals surface area contributed by atoms with Crippen LogP contribution in [0.5, 0.6) is 0 Å². The Hall–Kier alpha value is -6.84. The van der Waals surface area contributed by atoms with Gasteiger partial charge in [-0.3, -0.25) is 52.9 Å². The predicted molar refractivity (Wildman–Crippen MR) is 315 cm³/mol. The minimum Gasteiger partial charge on any atom is -0.480 e. The van der Waals surface area contributed by atoms with Crippen molar-refractivity contribution in [3.63, 3.8) is 0 Å². The van der Waals surface area contributed by atoms with Crippen LogP contribution in [0.1, 0.15) is 154 Å². The fourth-order valence-electron chi connectivity index (χ4n) is 8.50. The van der Waals surface area contributed by atoms with Crippen molar-refractivity contribution in [3.05, 3.63) is 0 Å². The highest BCUT2D eigenvalue weighted by molar-refractivity contribution is 5.98. The molecule has 32 heteroatoms. The van der Waals surface area contributed by atoms with Crippen LogP contribution in [-0.4, -0.2) is 176 Å². The number of carboxylic acid groups (broad SMARTS) is 1. The van der Waals surface area contributed by atoms with E-state index in [1.807, 2.05) is 0 Å². The summed E-state index contributed by atoms with van der Waals surface area (Å²) in [5.74, 6) is -9.85. The molecule has 0 saturated heterocycles. The van der Waals surface area contributed by atoms with Crippen molar-refractivity contribution in [1.82, 2.24) is 42.5 Å². The highest BCUT2D eigenvalue weighted by Crippen LogP contribution is 2.13. The van der Waals surface area contributed by atoms with Gasteiger partial charge in [0.1, 0.15) is 48.3 Å². The average molecular weight is 1200 g/mol. The molecular weight excluding hydrogens is 1100 g/mol. The quantitative estimate of drug-likeness (QED) is 0.0153. The Morgan fingerprint density at radius 3 is 0.786 bits per heavy atom. The first-order chi connectivity index (χ1) is 40.0. The summed E-state index contributed by atoms with van der Waals surface area (Å²) in [6.45, 7) is 1.58. The number of nitrogens with zero attached hydrogens (tertiary/aromatic N) is 1. The number of unbranched alkanes of at least 4 members (excludes halogenated alkanes) is 6. The van der Waals surface area contributed by atoms with Gasteiger partial charge in [0.2, 0.25) is 59.1 Å². The lowest BCUT2D eigenvalue weighted by molar-refractivity contribution is -0.142. The molecule has 0 fully saturated rings. The fraction of sp³-hybridized carbons (Fsp3) is 0.769. The minimum absolute atomic E-state index is 0.00480. The van der Waals surface area contributed by atoms with Crippen LogP contribution in [0, 0.1) is 0 Å². The summed E-state index contributed by atoms with van der Waals surface area (Å²) >= 11 is 0. The van der Waals surface area contributed by atoms with Crippen molar-refractivity contribution in [2.24, 2.45) is 68.1 Å². The van der Waals surface area contributed by atoms with Crippen LogP contribution in [0.4, 0.5) is 0 Å². The molecule has 0 aromatic carbocycles. The van der Waals surface area contributed by atoms with Crippen molar-refractivity contribution < 1.29 is 57.8 Å². The molecule has 0 aromatic heterocycles. The van der Waals surface area contributed by atoms with Gasteiger partial charge in [0.15, 0.2) is 5.96 Å². The molecule has 9 atom stereocenters. The maximum absolute atomic E-state index is 14.5. The second kappa shape index (κ2) is 46.5. The van der Waals surface area contributed by atoms with Gasteiger partial charge >= 0.3 is 5.97 Å². The van der Waals surface area contributed by atoms with Gasteiger partial charge < -0.3 is 111 Å². The Morgan fingerprint density at radius 1 is 0.310 bits per heavy atom. The third kappa shape index (κ3) is 35.3. The number of nitrogens with two attached hydrogens (primary N) is 11. The van der Waals surface area contributed by atoms with Crippen LogP contribution >= 0.6 is 0 Å². The first-order valence-electron chi connectivity index (χ1n) is 29.2. The van der Waals surface area contributed by atoms with Crippen molar-refractivity contribution in [3.8, 4) is 0 Å². The summed E-state index contributed by atoms with van der Waals surface area (Å²) in [5, 5.41) is 30.7. The summed E-state index contributed by atoms with van der Waals surface area (Å²) in [7, 11) is 0. The molecule has 0 aromatic rings. The monoisotopic (exact) mass is 1200 g/mol. The molecule has 0 unspecified atom stereocenters. The van der Waals surface area contributed by atoms with E-state index in [4.69, 9.17) is 63.1 Å². The molecule has 0 spiro atoms. The minimum atomic E-state index is -1.47. The zero-order valence-corrected chi connectivity index (χ0v) is 48.9.